The number of benzene rings is 1. The minimum Gasteiger partial charge on any atom is -0.298 e. The Morgan fingerprint density at radius 2 is 2.19 bits per heavy atom. The monoisotopic (exact) mass is 379 g/mol. The Hall–Kier alpha value is -2.78. The van der Waals surface area contributed by atoms with Crippen LogP contribution in [0.15, 0.2) is 24.4 Å². The van der Waals surface area contributed by atoms with E-state index in [1.807, 2.05) is 16.9 Å². The van der Waals surface area contributed by atoms with Crippen LogP contribution in [0.5, 0.6) is 0 Å². The van der Waals surface area contributed by atoms with E-state index in [4.69, 9.17) is 11.6 Å². The second kappa shape index (κ2) is 7.09. The highest BCUT2D eigenvalue weighted by molar-refractivity contribution is 6.28. The maximum absolute atomic E-state index is 12.8. The van der Waals surface area contributed by atoms with Crippen molar-refractivity contribution < 1.29 is 4.79 Å². The normalized spacial score (nSPS) is 15.9. The van der Waals surface area contributed by atoms with Crippen molar-refractivity contribution in [2.24, 2.45) is 0 Å². The number of ketones is 1. The smallest absolute Gasteiger partial charge is 0.224 e. The molecule has 2 heterocycles. The molecule has 4 rings (SSSR count). The van der Waals surface area contributed by atoms with Crippen LogP contribution in [0.4, 0.5) is 0 Å². The number of nitrogens with zero attached hydrogens (tertiary/aromatic N) is 5. The molecule has 136 valence electrons. The molecule has 1 aliphatic carbocycles. The topological polar surface area (TPSA) is 84.5 Å². The van der Waals surface area contributed by atoms with Gasteiger partial charge in [-0.2, -0.15) is 15.3 Å². The van der Waals surface area contributed by atoms with E-state index in [2.05, 4.69) is 28.1 Å². The molecule has 0 spiro atoms. The molecule has 1 aromatic carbocycles. The summed E-state index contributed by atoms with van der Waals surface area (Å²) in [4.78, 5) is 21.4. The van der Waals surface area contributed by atoms with Gasteiger partial charge in [0.2, 0.25) is 5.28 Å². The first kappa shape index (κ1) is 17.6. The summed E-state index contributed by atoms with van der Waals surface area (Å²) in [6.07, 6.45) is 5.51. The molecule has 0 saturated heterocycles. The lowest BCUT2D eigenvalue weighted by atomic mass is 9.94. The van der Waals surface area contributed by atoms with Crippen LogP contribution < -0.4 is 0 Å². The standard InChI is InChI=1S/C20H18ClN5O/c1-2-3-4-7-26-11-15-18(23-20(21)24-19(15)25-26)17-14-8-12(10-22)5-6-13(14)9-16(17)27/h5-6,8,11,17H,2-4,7,9H2,1H3. The zero-order chi connectivity index (χ0) is 19.0. The zero-order valence-corrected chi connectivity index (χ0v) is 15.7. The highest BCUT2D eigenvalue weighted by Gasteiger charge is 2.35. The molecule has 0 N–H and O–H groups in total. The van der Waals surface area contributed by atoms with Crippen LogP contribution in [0.25, 0.3) is 11.0 Å². The molecule has 1 unspecified atom stereocenters. The van der Waals surface area contributed by atoms with Crippen LogP contribution in [0.1, 0.15) is 54.5 Å². The number of hydrogen-bond acceptors (Lipinski definition) is 5. The summed E-state index contributed by atoms with van der Waals surface area (Å²) >= 11 is 6.14. The maximum atomic E-state index is 12.8. The molecule has 7 heteroatoms. The predicted octanol–water partition coefficient (Wildman–Crippen LogP) is 3.80. The van der Waals surface area contributed by atoms with Gasteiger partial charge in [-0.1, -0.05) is 25.8 Å². The van der Waals surface area contributed by atoms with Crippen molar-refractivity contribution in [3.63, 3.8) is 0 Å². The lowest BCUT2D eigenvalue weighted by Gasteiger charge is -2.11. The van der Waals surface area contributed by atoms with Gasteiger partial charge in [0.15, 0.2) is 11.4 Å². The van der Waals surface area contributed by atoms with Crippen molar-refractivity contribution in [3.8, 4) is 6.07 Å². The summed E-state index contributed by atoms with van der Waals surface area (Å²) in [5, 5.41) is 14.5. The van der Waals surface area contributed by atoms with E-state index in [9.17, 15) is 10.1 Å². The van der Waals surface area contributed by atoms with Gasteiger partial charge in [0, 0.05) is 19.2 Å². The minimum atomic E-state index is -0.537. The highest BCUT2D eigenvalue weighted by Crippen LogP contribution is 2.38. The molecule has 0 radical (unpaired) electrons. The lowest BCUT2D eigenvalue weighted by molar-refractivity contribution is -0.118. The van der Waals surface area contributed by atoms with Gasteiger partial charge in [-0.05, 0) is 41.3 Å². The molecule has 0 amide bonds. The van der Waals surface area contributed by atoms with Crippen molar-refractivity contribution in [1.29, 1.82) is 5.26 Å². The first-order valence-corrected chi connectivity index (χ1v) is 9.44. The van der Waals surface area contributed by atoms with Crippen LogP contribution in [0.3, 0.4) is 0 Å². The number of rotatable bonds is 5. The van der Waals surface area contributed by atoms with Gasteiger partial charge in [-0.3, -0.25) is 9.48 Å². The summed E-state index contributed by atoms with van der Waals surface area (Å²) < 4.78 is 1.85. The molecule has 3 aromatic rings. The first-order valence-electron chi connectivity index (χ1n) is 9.07. The van der Waals surface area contributed by atoms with Crippen molar-refractivity contribution in [2.75, 3.05) is 0 Å². The molecule has 0 saturated carbocycles. The van der Waals surface area contributed by atoms with E-state index in [0.717, 1.165) is 42.3 Å². The average molecular weight is 380 g/mol. The molecular weight excluding hydrogens is 362 g/mol. The number of unbranched alkanes of at least 4 members (excludes halogenated alkanes) is 2. The van der Waals surface area contributed by atoms with Crippen molar-refractivity contribution >= 4 is 28.4 Å². The van der Waals surface area contributed by atoms with Gasteiger partial charge in [0.1, 0.15) is 0 Å². The number of nitriles is 1. The van der Waals surface area contributed by atoms with Crippen molar-refractivity contribution in [3.05, 3.63) is 52.1 Å². The van der Waals surface area contributed by atoms with Gasteiger partial charge in [0.25, 0.3) is 0 Å². The molecular formula is C20H18ClN5O. The van der Waals surface area contributed by atoms with E-state index < -0.39 is 5.92 Å². The predicted molar refractivity (Wildman–Crippen MR) is 102 cm³/mol. The summed E-state index contributed by atoms with van der Waals surface area (Å²) in [6, 6.07) is 7.50. The Labute approximate surface area is 161 Å². The Morgan fingerprint density at radius 3 is 2.96 bits per heavy atom. The minimum absolute atomic E-state index is 0.0508. The van der Waals surface area contributed by atoms with Gasteiger partial charge in [-0.15, -0.1) is 0 Å². The number of carbonyl (C=O) groups is 1. The van der Waals surface area contributed by atoms with E-state index in [1.165, 1.54) is 0 Å². The Morgan fingerprint density at radius 1 is 1.33 bits per heavy atom. The van der Waals surface area contributed by atoms with Crippen LogP contribution in [0, 0.1) is 11.3 Å². The fraction of sp³-hybridized carbons (Fsp3) is 0.350. The molecule has 6 nitrogen and oxygen atoms in total. The Bertz CT molecular complexity index is 1080. The Balaban J connectivity index is 1.82. The maximum Gasteiger partial charge on any atom is 0.224 e. The number of fused-ring (bicyclic) bond motifs is 2. The van der Waals surface area contributed by atoms with Crippen LogP contribution in [0.2, 0.25) is 5.28 Å². The third-order valence-electron chi connectivity index (χ3n) is 4.97. The Kier molecular flexibility index (Phi) is 4.63. The molecule has 1 aliphatic rings. The number of halogens is 1. The number of carbonyl (C=O) groups excluding carboxylic acids is 1. The van der Waals surface area contributed by atoms with E-state index in [0.29, 0.717) is 23.3 Å². The van der Waals surface area contributed by atoms with Gasteiger partial charge in [-0.25, -0.2) is 4.98 Å². The second-order valence-electron chi connectivity index (χ2n) is 6.82. The number of aryl methyl sites for hydroxylation is 1. The molecule has 0 fully saturated rings. The molecule has 0 aliphatic heterocycles. The van der Waals surface area contributed by atoms with Crippen molar-refractivity contribution in [1.82, 2.24) is 19.7 Å². The first-order chi connectivity index (χ1) is 13.1. The van der Waals surface area contributed by atoms with E-state index in [1.54, 1.807) is 12.1 Å². The zero-order valence-electron chi connectivity index (χ0n) is 14.9. The average Bonchev–Trinajstić information content (AvgIpc) is 3.20. The fourth-order valence-corrected chi connectivity index (χ4v) is 3.83. The van der Waals surface area contributed by atoms with Crippen molar-refractivity contribution in [2.45, 2.75) is 45.1 Å². The lowest BCUT2D eigenvalue weighted by Crippen LogP contribution is -2.11. The van der Waals surface area contributed by atoms with Crippen LogP contribution in [-0.4, -0.2) is 25.5 Å². The largest absolute Gasteiger partial charge is 0.298 e. The third kappa shape index (κ3) is 3.19. The molecule has 0 bridgehead atoms. The van der Waals surface area contributed by atoms with Gasteiger partial charge < -0.3 is 0 Å². The number of hydrogen-bond donors (Lipinski definition) is 0. The fourth-order valence-electron chi connectivity index (χ4n) is 3.66. The van der Waals surface area contributed by atoms with E-state index in [-0.39, 0.29) is 11.1 Å². The summed E-state index contributed by atoms with van der Waals surface area (Å²) in [5.74, 6) is -0.487. The molecule has 2 aromatic heterocycles. The van der Waals surface area contributed by atoms with Gasteiger partial charge >= 0.3 is 0 Å². The quantitative estimate of drug-likeness (QED) is 0.497. The summed E-state index contributed by atoms with van der Waals surface area (Å²) in [7, 11) is 0. The third-order valence-corrected chi connectivity index (χ3v) is 5.13. The summed E-state index contributed by atoms with van der Waals surface area (Å²) in [5.41, 5.74) is 3.36. The molecule has 27 heavy (non-hydrogen) atoms. The van der Waals surface area contributed by atoms with E-state index >= 15 is 0 Å². The second-order valence-corrected chi connectivity index (χ2v) is 7.15. The summed E-state index contributed by atoms with van der Waals surface area (Å²) in [6.45, 7) is 2.94. The molecule has 1 atom stereocenters. The number of aromatic nitrogens is 4. The van der Waals surface area contributed by atoms with Gasteiger partial charge in [0.05, 0.1) is 28.6 Å². The highest BCUT2D eigenvalue weighted by atomic mass is 35.5. The van der Waals surface area contributed by atoms with Crippen LogP contribution >= 0.6 is 11.6 Å². The SMILES string of the molecule is CCCCCn1cc2c(C3C(=O)Cc4ccc(C#N)cc43)nc(Cl)nc2n1. The number of Topliss-reactive ketones (excluding diaryl/α,β-unsaturated/α-hetero) is 1. The van der Waals surface area contributed by atoms with Crippen LogP contribution in [-0.2, 0) is 17.8 Å².